The van der Waals surface area contributed by atoms with E-state index in [4.69, 9.17) is 5.73 Å². The van der Waals surface area contributed by atoms with Gasteiger partial charge < -0.3 is 15.8 Å². The number of carbonyl (C=O) groups excluding carboxylic acids is 2. The first-order valence-corrected chi connectivity index (χ1v) is 7.71. The predicted octanol–water partition coefficient (Wildman–Crippen LogP) is 2.16. The zero-order valence-electron chi connectivity index (χ0n) is 11.9. The highest BCUT2D eigenvalue weighted by Crippen LogP contribution is 2.27. The highest BCUT2D eigenvalue weighted by atomic mass is 16.2. The summed E-state index contributed by atoms with van der Waals surface area (Å²) in [5.74, 6) is 0.738. The Bertz CT molecular complexity index is 263. The van der Waals surface area contributed by atoms with Crippen molar-refractivity contribution in [1.29, 1.82) is 0 Å². The summed E-state index contributed by atoms with van der Waals surface area (Å²) in [5, 5.41) is 2.82. The van der Waals surface area contributed by atoms with Crippen LogP contribution in [0.15, 0.2) is 0 Å². The third kappa shape index (κ3) is 7.31. The lowest BCUT2D eigenvalue weighted by molar-refractivity contribution is -0.124. The number of hydrogen-bond donors (Lipinski definition) is 2. The van der Waals surface area contributed by atoms with Gasteiger partial charge in [0.2, 0.25) is 5.91 Å². The van der Waals surface area contributed by atoms with Gasteiger partial charge in [-0.05, 0) is 38.1 Å². The molecule has 110 valence electrons. The molecule has 0 aliphatic heterocycles. The van der Waals surface area contributed by atoms with E-state index in [1.165, 1.54) is 32.1 Å². The van der Waals surface area contributed by atoms with Gasteiger partial charge in [-0.2, -0.15) is 0 Å². The Morgan fingerprint density at radius 1 is 1.26 bits per heavy atom. The van der Waals surface area contributed by atoms with Gasteiger partial charge in [-0.15, -0.1) is 0 Å². The van der Waals surface area contributed by atoms with Crippen LogP contribution in [0.25, 0.3) is 0 Å². The lowest BCUT2D eigenvalue weighted by atomic mass is 9.86. The highest BCUT2D eigenvalue weighted by Gasteiger charge is 2.16. The summed E-state index contributed by atoms with van der Waals surface area (Å²) in [4.78, 5) is 22.7. The van der Waals surface area contributed by atoms with E-state index in [9.17, 15) is 9.59 Å². The first kappa shape index (κ1) is 16.2. The summed E-state index contributed by atoms with van der Waals surface area (Å²) in [5.41, 5.74) is 5.41. The summed E-state index contributed by atoms with van der Waals surface area (Å²) in [6.07, 6.45) is 11.4. The normalized spacial score (nSPS) is 17.9. The van der Waals surface area contributed by atoms with Crippen LogP contribution in [-0.2, 0) is 9.59 Å². The molecule has 0 aromatic rings. The van der Waals surface area contributed by atoms with E-state index in [1.54, 1.807) is 0 Å². The monoisotopic (exact) mass is 268 g/mol. The Hall–Kier alpha value is -0.900. The lowest BCUT2D eigenvalue weighted by Gasteiger charge is -2.21. The maximum atomic E-state index is 11.8. The average Bonchev–Trinajstić information content (AvgIpc) is 2.45. The van der Waals surface area contributed by atoms with Crippen molar-refractivity contribution in [1.82, 2.24) is 5.32 Å². The van der Waals surface area contributed by atoms with Gasteiger partial charge in [0, 0.05) is 6.42 Å². The molecular formula is C15H28N2O2. The number of nitrogens with two attached hydrogens (primary N) is 1. The van der Waals surface area contributed by atoms with Crippen LogP contribution in [0.2, 0.25) is 0 Å². The quantitative estimate of drug-likeness (QED) is 0.497. The Morgan fingerprint density at radius 3 is 2.63 bits per heavy atom. The number of rotatable bonds is 9. The van der Waals surface area contributed by atoms with Crippen molar-refractivity contribution in [2.75, 3.05) is 6.54 Å². The van der Waals surface area contributed by atoms with Crippen LogP contribution in [0.3, 0.4) is 0 Å². The van der Waals surface area contributed by atoms with Crippen LogP contribution in [0.5, 0.6) is 0 Å². The maximum absolute atomic E-state index is 11.8. The van der Waals surface area contributed by atoms with Gasteiger partial charge >= 0.3 is 0 Å². The number of amides is 1. The summed E-state index contributed by atoms with van der Waals surface area (Å²) >= 11 is 0. The number of nitrogens with one attached hydrogen (secondary N) is 1. The molecule has 1 aliphatic carbocycles. The van der Waals surface area contributed by atoms with Crippen molar-refractivity contribution in [3.8, 4) is 0 Å². The van der Waals surface area contributed by atoms with E-state index >= 15 is 0 Å². The second kappa shape index (κ2) is 9.96. The van der Waals surface area contributed by atoms with Gasteiger partial charge in [-0.3, -0.25) is 4.79 Å². The van der Waals surface area contributed by atoms with E-state index < -0.39 is 0 Å². The van der Waals surface area contributed by atoms with Gasteiger partial charge in [0.05, 0.1) is 6.04 Å². The molecule has 0 aromatic heterocycles. The Labute approximate surface area is 116 Å². The molecule has 4 heteroatoms. The molecule has 19 heavy (non-hydrogen) atoms. The van der Waals surface area contributed by atoms with Crippen molar-refractivity contribution in [3.05, 3.63) is 0 Å². The van der Waals surface area contributed by atoms with Crippen LogP contribution < -0.4 is 11.1 Å². The number of carbonyl (C=O) groups is 2. The molecule has 0 bridgehead atoms. The Balaban J connectivity index is 2.14. The third-order valence-corrected chi connectivity index (χ3v) is 3.98. The average molecular weight is 268 g/mol. The molecular weight excluding hydrogens is 240 g/mol. The second-order valence-corrected chi connectivity index (χ2v) is 5.64. The molecule has 1 amide bonds. The van der Waals surface area contributed by atoms with Gasteiger partial charge in [-0.1, -0.05) is 32.1 Å². The zero-order valence-corrected chi connectivity index (χ0v) is 11.9. The fraction of sp³-hybridized carbons (Fsp3) is 0.867. The van der Waals surface area contributed by atoms with Crippen molar-refractivity contribution < 1.29 is 9.59 Å². The van der Waals surface area contributed by atoms with E-state index in [0.717, 1.165) is 25.5 Å². The van der Waals surface area contributed by atoms with E-state index in [2.05, 4.69) is 5.32 Å². The summed E-state index contributed by atoms with van der Waals surface area (Å²) < 4.78 is 0. The summed E-state index contributed by atoms with van der Waals surface area (Å²) in [7, 11) is 0. The molecule has 1 fully saturated rings. The second-order valence-electron chi connectivity index (χ2n) is 5.64. The van der Waals surface area contributed by atoms with Crippen LogP contribution in [-0.4, -0.2) is 24.8 Å². The van der Waals surface area contributed by atoms with E-state index in [1.807, 2.05) is 0 Å². The predicted molar refractivity (Wildman–Crippen MR) is 76.7 cm³/mol. The number of aldehydes is 1. The minimum absolute atomic E-state index is 0.0235. The molecule has 1 aliphatic rings. The molecule has 4 nitrogen and oxygen atoms in total. The minimum atomic E-state index is -0.328. The van der Waals surface area contributed by atoms with Crippen LogP contribution in [0.4, 0.5) is 0 Å². The minimum Gasteiger partial charge on any atom is -0.347 e. The van der Waals surface area contributed by atoms with E-state index in [0.29, 0.717) is 25.3 Å². The first-order valence-electron chi connectivity index (χ1n) is 7.71. The summed E-state index contributed by atoms with van der Waals surface area (Å²) in [6, 6.07) is -0.328. The van der Waals surface area contributed by atoms with Crippen LogP contribution in [0, 0.1) is 5.92 Å². The Morgan fingerprint density at radius 2 is 2.00 bits per heavy atom. The number of hydrogen-bond acceptors (Lipinski definition) is 3. The molecule has 1 rings (SSSR count). The van der Waals surface area contributed by atoms with E-state index in [-0.39, 0.29) is 11.9 Å². The molecule has 0 spiro atoms. The van der Waals surface area contributed by atoms with Crippen molar-refractivity contribution >= 4 is 12.2 Å². The first-order chi connectivity index (χ1) is 9.26. The molecule has 1 saturated carbocycles. The summed E-state index contributed by atoms with van der Waals surface area (Å²) in [6.45, 7) is 0.640. The van der Waals surface area contributed by atoms with Crippen molar-refractivity contribution in [2.45, 2.75) is 70.3 Å². The molecule has 0 radical (unpaired) electrons. The van der Waals surface area contributed by atoms with Gasteiger partial charge in [0.1, 0.15) is 6.29 Å². The van der Waals surface area contributed by atoms with Gasteiger partial charge in [0.15, 0.2) is 0 Å². The van der Waals surface area contributed by atoms with Gasteiger partial charge in [0.25, 0.3) is 0 Å². The Kier molecular flexibility index (Phi) is 8.47. The van der Waals surface area contributed by atoms with Crippen molar-refractivity contribution in [3.63, 3.8) is 0 Å². The largest absolute Gasteiger partial charge is 0.347 e. The molecule has 0 saturated heterocycles. The van der Waals surface area contributed by atoms with Gasteiger partial charge in [-0.25, -0.2) is 0 Å². The molecule has 0 heterocycles. The lowest BCUT2D eigenvalue weighted by Crippen LogP contribution is -2.36. The fourth-order valence-corrected chi connectivity index (χ4v) is 2.77. The number of unbranched alkanes of at least 4 members (excludes halogenated alkanes) is 1. The smallest absolute Gasteiger partial charge is 0.220 e. The maximum Gasteiger partial charge on any atom is 0.220 e. The molecule has 1 unspecified atom stereocenters. The fourth-order valence-electron chi connectivity index (χ4n) is 2.77. The van der Waals surface area contributed by atoms with Crippen LogP contribution in [0.1, 0.15) is 64.2 Å². The standard InChI is InChI=1S/C15H28N2O2/c16-11-5-4-8-14(12-18)17-15(19)10-9-13-6-2-1-3-7-13/h12-14H,1-11,16H2,(H,17,19). The molecule has 3 N–H and O–H groups in total. The van der Waals surface area contributed by atoms with Crippen molar-refractivity contribution in [2.24, 2.45) is 11.7 Å². The highest BCUT2D eigenvalue weighted by molar-refractivity contribution is 5.79. The topological polar surface area (TPSA) is 72.2 Å². The SMILES string of the molecule is NCCCCC(C=O)NC(=O)CCC1CCCCC1. The van der Waals surface area contributed by atoms with Crippen LogP contribution >= 0.6 is 0 Å². The zero-order chi connectivity index (χ0) is 13.9. The molecule has 0 aromatic carbocycles. The molecule has 1 atom stereocenters. The third-order valence-electron chi connectivity index (χ3n) is 3.98.